The number of aliphatic hydroxyl groups is 1. The van der Waals surface area contributed by atoms with Gasteiger partial charge in [-0.3, -0.25) is 9.36 Å². The summed E-state index contributed by atoms with van der Waals surface area (Å²) < 4.78 is 1.83. The van der Waals surface area contributed by atoms with E-state index in [-0.39, 0.29) is 12.2 Å². The van der Waals surface area contributed by atoms with Gasteiger partial charge in [0.05, 0.1) is 17.5 Å². The summed E-state index contributed by atoms with van der Waals surface area (Å²) in [6.45, 7) is 1.68. The van der Waals surface area contributed by atoms with Gasteiger partial charge in [0.25, 0.3) is 5.56 Å². The normalized spacial score (nSPS) is 24.5. The zero-order valence-corrected chi connectivity index (χ0v) is 13.9. The highest BCUT2D eigenvalue weighted by molar-refractivity contribution is 6.32. The molecule has 1 aromatic carbocycles. The summed E-state index contributed by atoms with van der Waals surface area (Å²) in [5.74, 6) is 1.21. The molecule has 23 heavy (non-hydrogen) atoms. The van der Waals surface area contributed by atoms with Crippen molar-refractivity contribution in [3.05, 3.63) is 38.9 Å². The fraction of sp³-hybridized carbons (Fsp3) is 0.529. The smallest absolute Gasteiger partial charge is 0.261 e. The molecule has 1 aromatic heterocycles. The van der Waals surface area contributed by atoms with Crippen LogP contribution in [0.15, 0.2) is 16.9 Å². The third-order valence-corrected chi connectivity index (χ3v) is 5.71. The largest absolute Gasteiger partial charge is 0.392 e. The van der Waals surface area contributed by atoms with Crippen molar-refractivity contribution >= 4 is 22.5 Å². The molecule has 0 bridgehead atoms. The first-order valence-electron chi connectivity index (χ1n) is 8.14. The maximum absolute atomic E-state index is 12.9. The van der Waals surface area contributed by atoms with Gasteiger partial charge in [-0.2, -0.15) is 0 Å². The van der Waals surface area contributed by atoms with Crippen LogP contribution in [-0.4, -0.2) is 39.2 Å². The van der Waals surface area contributed by atoms with E-state index in [0.717, 1.165) is 31.6 Å². The molecule has 0 radical (unpaired) electrons. The lowest BCUT2D eigenvalue weighted by Crippen LogP contribution is -2.47. The van der Waals surface area contributed by atoms with E-state index in [1.807, 2.05) is 4.57 Å². The summed E-state index contributed by atoms with van der Waals surface area (Å²) in [4.78, 5) is 20.1. The van der Waals surface area contributed by atoms with Gasteiger partial charge in [-0.05, 0) is 50.6 Å². The zero-order valence-electron chi connectivity index (χ0n) is 13.1. The number of likely N-dealkylation sites (tertiary alicyclic amines) is 1. The third-order valence-electron chi connectivity index (χ3n) is 5.36. The lowest BCUT2D eigenvalue weighted by atomic mass is 9.84. The van der Waals surface area contributed by atoms with Crippen molar-refractivity contribution in [2.75, 3.05) is 13.6 Å². The van der Waals surface area contributed by atoms with Gasteiger partial charge in [-0.1, -0.05) is 11.6 Å². The number of nitrogens with zero attached hydrogens (tertiary/aromatic N) is 3. The van der Waals surface area contributed by atoms with Gasteiger partial charge in [0.1, 0.15) is 5.82 Å². The van der Waals surface area contributed by atoms with Crippen molar-refractivity contribution in [1.82, 2.24) is 14.5 Å². The monoisotopic (exact) mass is 333 g/mol. The van der Waals surface area contributed by atoms with Crippen LogP contribution in [0.3, 0.4) is 0 Å². The first-order valence-corrected chi connectivity index (χ1v) is 8.52. The molecule has 2 aliphatic rings. The number of aliphatic hydroxyl groups excluding tert-OH is 1. The van der Waals surface area contributed by atoms with Crippen LogP contribution >= 0.6 is 11.6 Å². The molecule has 1 saturated heterocycles. The Balaban J connectivity index is 1.94. The Morgan fingerprint density at radius 2 is 2.17 bits per heavy atom. The Kier molecular flexibility index (Phi) is 3.67. The molecule has 4 rings (SSSR count). The van der Waals surface area contributed by atoms with Gasteiger partial charge in [0.2, 0.25) is 0 Å². The number of piperidine rings is 1. The molecule has 6 heteroatoms. The standard InChI is InChI=1S/C17H20ClN3O2/c1-20-5-2-3-11-15(20)4-6-21-16(11)19-14-7-10(9-22)13(18)8-12(14)17(21)23/h7-8,11,15,22H,2-6,9H2,1H3/t11-,15-/m1/s1. The van der Waals surface area contributed by atoms with Crippen LogP contribution in [0.25, 0.3) is 10.9 Å². The summed E-state index contributed by atoms with van der Waals surface area (Å²) in [7, 11) is 2.16. The molecule has 2 aliphatic heterocycles. The number of aromatic nitrogens is 2. The van der Waals surface area contributed by atoms with Gasteiger partial charge in [-0.25, -0.2) is 4.98 Å². The second kappa shape index (κ2) is 5.58. The second-order valence-corrected chi connectivity index (χ2v) is 7.04. The molecule has 0 spiro atoms. The van der Waals surface area contributed by atoms with Crippen LogP contribution in [0, 0.1) is 0 Å². The van der Waals surface area contributed by atoms with E-state index in [2.05, 4.69) is 11.9 Å². The fourth-order valence-corrected chi connectivity index (χ4v) is 4.36. The molecule has 2 aromatic rings. The number of likely N-dealkylation sites (N-methyl/N-ethyl adjacent to an activating group) is 1. The minimum Gasteiger partial charge on any atom is -0.392 e. The Labute approximate surface area is 139 Å². The van der Waals surface area contributed by atoms with Crippen LogP contribution in [0.1, 0.15) is 36.6 Å². The maximum atomic E-state index is 12.9. The van der Waals surface area contributed by atoms with Crippen molar-refractivity contribution in [3.8, 4) is 0 Å². The van der Waals surface area contributed by atoms with Crippen LogP contribution < -0.4 is 5.56 Å². The molecular formula is C17H20ClN3O2. The van der Waals surface area contributed by atoms with Crippen LogP contribution in [0.4, 0.5) is 0 Å². The molecule has 0 aliphatic carbocycles. The molecule has 0 saturated carbocycles. The minimum atomic E-state index is -0.149. The molecule has 2 atom stereocenters. The van der Waals surface area contributed by atoms with Crippen LogP contribution in [-0.2, 0) is 13.2 Å². The van der Waals surface area contributed by atoms with E-state index in [9.17, 15) is 9.90 Å². The molecule has 1 fully saturated rings. The van der Waals surface area contributed by atoms with E-state index in [1.165, 1.54) is 0 Å². The predicted octanol–water partition coefficient (Wildman–Crippen LogP) is 2.12. The Hall–Kier alpha value is -1.43. The highest BCUT2D eigenvalue weighted by atomic mass is 35.5. The van der Waals surface area contributed by atoms with E-state index < -0.39 is 0 Å². The van der Waals surface area contributed by atoms with E-state index in [1.54, 1.807) is 12.1 Å². The van der Waals surface area contributed by atoms with Gasteiger partial charge in [0.15, 0.2) is 0 Å². The van der Waals surface area contributed by atoms with Gasteiger partial charge in [0, 0.05) is 23.5 Å². The van der Waals surface area contributed by atoms with E-state index in [4.69, 9.17) is 16.6 Å². The first kappa shape index (κ1) is 15.1. The van der Waals surface area contributed by atoms with Crippen molar-refractivity contribution in [2.45, 2.75) is 44.4 Å². The van der Waals surface area contributed by atoms with Crippen molar-refractivity contribution < 1.29 is 5.11 Å². The Bertz CT molecular complexity index is 833. The average Bonchev–Trinajstić information content (AvgIpc) is 2.55. The summed E-state index contributed by atoms with van der Waals surface area (Å²) in [5, 5.41) is 10.4. The summed E-state index contributed by atoms with van der Waals surface area (Å²) >= 11 is 6.15. The van der Waals surface area contributed by atoms with Crippen LogP contribution in [0.2, 0.25) is 5.02 Å². The summed E-state index contributed by atoms with van der Waals surface area (Å²) in [6.07, 6.45) is 3.20. The number of halogens is 1. The predicted molar refractivity (Wildman–Crippen MR) is 89.9 cm³/mol. The summed E-state index contributed by atoms with van der Waals surface area (Å²) in [5.41, 5.74) is 1.25. The molecular weight excluding hydrogens is 314 g/mol. The summed E-state index contributed by atoms with van der Waals surface area (Å²) in [6, 6.07) is 3.86. The molecule has 0 unspecified atom stereocenters. The minimum absolute atomic E-state index is 0.0110. The quantitative estimate of drug-likeness (QED) is 0.868. The van der Waals surface area contributed by atoms with Crippen molar-refractivity contribution in [2.24, 2.45) is 0 Å². The Morgan fingerprint density at radius 3 is 2.96 bits per heavy atom. The lowest BCUT2D eigenvalue weighted by Gasteiger charge is -2.42. The fourth-order valence-electron chi connectivity index (χ4n) is 4.13. The molecule has 0 amide bonds. The van der Waals surface area contributed by atoms with Crippen molar-refractivity contribution in [1.29, 1.82) is 0 Å². The zero-order chi connectivity index (χ0) is 16.1. The molecule has 5 nitrogen and oxygen atoms in total. The van der Waals surface area contributed by atoms with E-state index >= 15 is 0 Å². The van der Waals surface area contributed by atoms with Crippen molar-refractivity contribution in [3.63, 3.8) is 0 Å². The number of fused-ring (bicyclic) bond motifs is 4. The van der Waals surface area contributed by atoms with Gasteiger partial charge >= 0.3 is 0 Å². The lowest BCUT2D eigenvalue weighted by molar-refractivity contribution is 0.123. The number of benzene rings is 1. The number of hydrogen-bond acceptors (Lipinski definition) is 4. The number of hydrogen-bond donors (Lipinski definition) is 1. The second-order valence-electron chi connectivity index (χ2n) is 6.63. The third kappa shape index (κ3) is 2.30. The highest BCUT2D eigenvalue weighted by Gasteiger charge is 2.36. The molecule has 3 heterocycles. The molecule has 1 N–H and O–H groups in total. The first-order chi connectivity index (χ1) is 11.1. The van der Waals surface area contributed by atoms with Crippen LogP contribution in [0.5, 0.6) is 0 Å². The number of rotatable bonds is 1. The van der Waals surface area contributed by atoms with Gasteiger partial charge in [-0.15, -0.1) is 0 Å². The highest BCUT2D eigenvalue weighted by Crippen LogP contribution is 2.36. The Morgan fingerprint density at radius 1 is 1.35 bits per heavy atom. The topological polar surface area (TPSA) is 58.4 Å². The SMILES string of the molecule is CN1CCC[C@H]2c3nc4cc(CO)c(Cl)cc4c(=O)n3CC[C@H]21. The molecule has 122 valence electrons. The van der Waals surface area contributed by atoms with E-state index in [0.29, 0.717) is 40.0 Å². The van der Waals surface area contributed by atoms with Gasteiger partial charge < -0.3 is 10.0 Å². The maximum Gasteiger partial charge on any atom is 0.261 e. The average molecular weight is 334 g/mol.